The Kier molecular flexibility index (Phi) is 6.13. The zero-order valence-electron chi connectivity index (χ0n) is 14.3. The Morgan fingerprint density at radius 3 is 2.65 bits per heavy atom. The molecule has 1 aliphatic heterocycles. The molecule has 1 N–H and O–H groups in total. The fourth-order valence-corrected chi connectivity index (χ4v) is 3.14. The minimum Gasteiger partial charge on any atom is -0.495 e. The summed E-state index contributed by atoms with van der Waals surface area (Å²) < 4.78 is 5.16. The Labute approximate surface area is 143 Å². The number of rotatable bonds is 4. The molecule has 0 aliphatic carbocycles. The number of amides is 2. The van der Waals surface area contributed by atoms with Gasteiger partial charge in [0.15, 0.2) is 0 Å². The van der Waals surface area contributed by atoms with Gasteiger partial charge in [0.1, 0.15) is 5.75 Å². The van der Waals surface area contributed by atoms with Crippen LogP contribution in [0.25, 0.3) is 0 Å². The number of urea groups is 1. The van der Waals surface area contributed by atoms with Gasteiger partial charge in [-0.1, -0.05) is 17.7 Å². The van der Waals surface area contributed by atoms with Crippen molar-refractivity contribution in [1.29, 1.82) is 0 Å². The van der Waals surface area contributed by atoms with Gasteiger partial charge >= 0.3 is 6.03 Å². The first-order valence-electron chi connectivity index (χ1n) is 7.97. The number of benzene rings is 1. The van der Waals surface area contributed by atoms with E-state index in [-0.39, 0.29) is 12.1 Å². The molecule has 0 spiro atoms. The number of nitrogens with zero attached hydrogens (tertiary/aromatic N) is 2. The third kappa shape index (κ3) is 4.52. The maximum Gasteiger partial charge on any atom is 0.317 e. The Balaban J connectivity index is 1.95. The van der Waals surface area contributed by atoms with Crippen LogP contribution in [0, 0.1) is 0 Å². The number of hydrogen-bond acceptors (Lipinski definition) is 3. The summed E-state index contributed by atoms with van der Waals surface area (Å²) in [6, 6.07) is 5.73. The van der Waals surface area contributed by atoms with Gasteiger partial charge in [-0.2, -0.15) is 0 Å². The molecule has 1 unspecified atom stereocenters. The lowest BCUT2D eigenvalue weighted by molar-refractivity contribution is 0.146. The lowest BCUT2D eigenvalue weighted by Gasteiger charge is -2.35. The lowest BCUT2D eigenvalue weighted by Crippen LogP contribution is -2.48. The van der Waals surface area contributed by atoms with Crippen molar-refractivity contribution < 1.29 is 9.53 Å². The summed E-state index contributed by atoms with van der Waals surface area (Å²) >= 11 is 6.16. The molecule has 1 heterocycles. The standard InChI is InChI=1S/C17H26ClN3O2/c1-12(13-5-6-16(23-4)15(18)11-13)19-17(22)21(3)14-7-9-20(2)10-8-14/h5-6,11-12,14H,7-10H2,1-4H3,(H,19,22). The molecule has 6 heteroatoms. The topological polar surface area (TPSA) is 44.8 Å². The van der Waals surface area contributed by atoms with E-state index in [9.17, 15) is 4.79 Å². The number of piperidine rings is 1. The number of nitrogens with one attached hydrogen (secondary N) is 1. The monoisotopic (exact) mass is 339 g/mol. The van der Waals surface area contributed by atoms with Gasteiger partial charge in [0, 0.05) is 13.1 Å². The number of ether oxygens (including phenoxy) is 1. The highest BCUT2D eigenvalue weighted by Crippen LogP contribution is 2.27. The van der Waals surface area contributed by atoms with Crippen molar-refractivity contribution in [2.24, 2.45) is 0 Å². The third-order valence-corrected chi connectivity index (χ3v) is 4.87. The van der Waals surface area contributed by atoms with Gasteiger partial charge in [0.05, 0.1) is 18.2 Å². The molecule has 0 aromatic heterocycles. The molecule has 0 saturated carbocycles. The Bertz CT molecular complexity index is 545. The maximum absolute atomic E-state index is 12.5. The first-order valence-corrected chi connectivity index (χ1v) is 8.35. The van der Waals surface area contributed by atoms with E-state index >= 15 is 0 Å². The van der Waals surface area contributed by atoms with E-state index in [0.29, 0.717) is 16.8 Å². The summed E-state index contributed by atoms with van der Waals surface area (Å²) in [4.78, 5) is 16.6. The number of hydrogen-bond donors (Lipinski definition) is 1. The van der Waals surface area contributed by atoms with Crippen molar-refractivity contribution in [3.05, 3.63) is 28.8 Å². The molecule has 1 aromatic rings. The molecule has 1 fully saturated rings. The Hall–Kier alpha value is -1.46. The average Bonchev–Trinajstić information content (AvgIpc) is 2.54. The highest BCUT2D eigenvalue weighted by molar-refractivity contribution is 6.32. The van der Waals surface area contributed by atoms with Crippen LogP contribution in [0.4, 0.5) is 4.79 Å². The van der Waals surface area contributed by atoms with E-state index in [0.717, 1.165) is 31.5 Å². The molecular formula is C17H26ClN3O2. The van der Waals surface area contributed by atoms with Crippen LogP contribution in [0.2, 0.25) is 5.02 Å². The quantitative estimate of drug-likeness (QED) is 0.916. The number of likely N-dealkylation sites (tertiary alicyclic amines) is 1. The zero-order valence-corrected chi connectivity index (χ0v) is 15.1. The summed E-state index contributed by atoms with van der Waals surface area (Å²) in [5, 5.41) is 3.59. The molecule has 0 radical (unpaired) electrons. The Morgan fingerprint density at radius 1 is 1.43 bits per heavy atom. The molecule has 128 valence electrons. The van der Waals surface area contributed by atoms with Gasteiger partial charge in [0.2, 0.25) is 0 Å². The largest absolute Gasteiger partial charge is 0.495 e. The normalized spacial score (nSPS) is 17.6. The molecule has 23 heavy (non-hydrogen) atoms. The van der Waals surface area contributed by atoms with Gasteiger partial charge in [-0.3, -0.25) is 0 Å². The van der Waals surface area contributed by atoms with Crippen molar-refractivity contribution in [3.8, 4) is 5.75 Å². The van der Waals surface area contributed by atoms with Crippen molar-refractivity contribution in [2.45, 2.75) is 31.8 Å². The summed E-state index contributed by atoms with van der Waals surface area (Å²) in [6.45, 7) is 4.02. The molecule has 1 atom stereocenters. The number of carbonyl (C=O) groups is 1. The van der Waals surface area contributed by atoms with E-state index in [1.54, 1.807) is 7.11 Å². The van der Waals surface area contributed by atoms with E-state index in [2.05, 4.69) is 17.3 Å². The van der Waals surface area contributed by atoms with Crippen LogP contribution in [0.1, 0.15) is 31.4 Å². The second-order valence-corrected chi connectivity index (χ2v) is 6.62. The predicted octanol–water partition coefficient (Wildman–Crippen LogP) is 3.15. The SMILES string of the molecule is COc1ccc(C(C)NC(=O)N(C)C2CCN(C)CC2)cc1Cl. The van der Waals surface area contributed by atoms with E-state index in [1.807, 2.05) is 37.1 Å². The van der Waals surface area contributed by atoms with Crippen molar-refractivity contribution in [2.75, 3.05) is 34.3 Å². The zero-order chi connectivity index (χ0) is 17.0. The summed E-state index contributed by atoms with van der Waals surface area (Å²) in [7, 11) is 5.58. The van der Waals surface area contributed by atoms with E-state index < -0.39 is 0 Å². The minimum atomic E-state index is -0.111. The third-order valence-electron chi connectivity index (χ3n) is 4.57. The van der Waals surface area contributed by atoms with Crippen molar-refractivity contribution in [3.63, 3.8) is 0 Å². The molecular weight excluding hydrogens is 314 g/mol. The lowest BCUT2D eigenvalue weighted by atomic mass is 10.0. The fourth-order valence-electron chi connectivity index (χ4n) is 2.87. The van der Waals surface area contributed by atoms with Gasteiger partial charge in [-0.25, -0.2) is 4.79 Å². The van der Waals surface area contributed by atoms with Crippen LogP contribution in [-0.4, -0.2) is 56.2 Å². The molecule has 1 saturated heterocycles. The highest BCUT2D eigenvalue weighted by Gasteiger charge is 2.24. The van der Waals surface area contributed by atoms with Gasteiger partial charge < -0.3 is 19.9 Å². The van der Waals surface area contributed by atoms with Crippen LogP contribution in [0.3, 0.4) is 0 Å². The van der Waals surface area contributed by atoms with Crippen LogP contribution < -0.4 is 10.1 Å². The first kappa shape index (κ1) is 17.9. The van der Waals surface area contributed by atoms with Gasteiger partial charge in [-0.05, 0) is 57.6 Å². The number of methoxy groups -OCH3 is 1. The van der Waals surface area contributed by atoms with Crippen LogP contribution in [0.5, 0.6) is 5.75 Å². The first-order chi connectivity index (χ1) is 10.9. The van der Waals surface area contributed by atoms with Gasteiger partial charge in [0.25, 0.3) is 0 Å². The van der Waals surface area contributed by atoms with Crippen molar-refractivity contribution in [1.82, 2.24) is 15.1 Å². The summed E-state index contributed by atoms with van der Waals surface area (Å²) in [5.74, 6) is 0.636. The second kappa shape index (κ2) is 7.88. The molecule has 2 rings (SSSR count). The second-order valence-electron chi connectivity index (χ2n) is 6.21. The Morgan fingerprint density at radius 2 is 2.09 bits per heavy atom. The van der Waals surface area contributed by atoms with Crippen LogP contribution >= 0.6 is 11.6 Å². The predicted molar refractivity (Wildman–Crippen MR) is 93.2 cm³/mol. The molecule has 0 bridgehead atoms. The van der Waals surface area contributed by atoms with E-state index in [4.69, 9.17) is 16.3 Å². The molecule has 2 amide bonds. The minimum absolute atomic E-state index is 0.0426. The summed E-state index contributed by atoms with van der Waals surface area (Å²) in [5.41, 5.74) is 0.959. The van der Waals surface area contributed by atoms with Crippen molar-refractivity contribution >= 4 is 17.6 Å². The maximum atomic E-state index is 12.5. The van der Waals surface area contributed by atoms with E-state index in [1.165, 1.54) is 0 Å². The van der Waals surface area contributed by atoms with Crippen LogP contribution in [0.15, 0.2) is 18.2 Å². The number of halogens is 1. The fraction of sp³-hybridized carbons (Fsp3) is 0.588. The highest BCUT2D eigenvalue weighted by atomic mass is 35.5. The smallest absolute Gasteiger partial charge is 0.317 e. The number of carbonyl (C=O) groups excluding carboxylic acids is 1. The molecule has 1 aliphatic rings. The van der Waals surface area contributed by atoms with Crippen LogP contribution in [-0.2, 0) is 0 Å². The molecule has 1 aromatic carbocycles. The molecule has 5 nitrogen and oxygen atoms in total. The average molecular weight is 340 g/mol. The van der Waals surface area contributed by atoms with Gasteiger partial charge in [-0.15, -0.1) is 0 Å². The summed E-state index contributed by atoms with van der Waals surface area (Å²) in [6.07, 6.45) is 2.03.